The van der Waals surface area contributed by atoms with E-state index in [9.17, 15) is 4.79 Å². The third-order valence-corrected chi connectivity index (χ3v) is 3.36. The molecule has 4 N–H and O–H groups in total. The molecule has 0 heterocycles. The van der Waals surface area contributed by atoms with Crippen LogP contribution in [0, 0.1) is 0 Å². The van der Waals surface area contributed by atoms with Crippen LogP contribution in [0.3, 0.4) is 0 Å². The first-order chi connectivity index (χ1) is 8.74. The fourth-order valence-corrected chi connectivity index (χ4v) is 2.30. The molecule has 0 spiro atoms. The second-order valence-electron chi connectivity index (χ2n) is 4.91. The van der Waals surface area contributed by atoms with Gasteiger partial charge in [0, 0.05) is 18.6 Å². The fourth-order valence-electron chi connectivity index (χ4n) is 2.30. The molecule has 0 aliphatic heterocycles. The highest BCUT2D eigenvalue weighted by Gasteiger charge is 2.21. The van der Waals surface area contributed by atoms with Crippen molar-refractivity contribution in [3.63, 3.8) is 0 Å². The number of carbonyl (C=O) groups is 1. The third kappa shape index (κ3) is 4.13. The van der Waals surface area contributed by atoms with Crippen LogP contribution in [0.2, 0.25) is 0 Å². The molecule has 4 nitrogen and oxygen atoms in total. The van der Waals surface area contributed by atoms with E-state index in [-0.39, 0.29) is 5.91 Å². The molecular weight excluding hydrogens is 226 g/mol. The second-order valence-corrected chi connectivity index (χ2v) is 4.91. The number of benzene rings is 1. The number of hydrogen-bond donors (Lipinski definition) is 3. The smallest absolute Gasteiger partial charge is 0.234 e. The average molecular weight is 247 g/mol. The van der Waals surface area contributed by atoms with Gasteiger partial charge in [0.1, 0.15) is 0 Å². The maximum absolute atomic E-state index is 11.6. The van der Waals surface area contributed by atoms with Crippen molar-refractivity contribution in [1.29, 1.82) is 0 Å². The molecule has 2 unspecified atom stereocenters. The second kappa shape index (κ2) is 6.52. The highest BCUT2D eigenvalue weighted by molar-refractivity contribution is 5.78. The summed E-state index contributed by atoms with van der Waals surface area (Å²) in [5.41, 5.74) is 6.94. The summed E-state index contributed by atoms with van der Waals surface area (Å²) in [6.45, 7) is 0.968. The van der Waals surface area contributed by atoms with Gasteiger partial charge in [-0.1, -0.05) is 30.3 Å². The zero-order chi connectivity index (χ0) is 12.8. The van der Waals surface area contributed by atoms with Crippen LogP contribution in [-0.4, -0.2) is 24.5 Å². The highest BCUT2D eigenvalue weighted by Crippen LogP contribution is 2.16. The van der Waals surface area contributed by atoms with Gasteiger partial charge in [0.05, 0.1) is 6.54 Å². The van der Waals surface area contributed by atoms with Crippen LogP contribution in [-0.2, 0) is 11.3 Å². The van der Waals surface area contributed by atoms with E-state index in [2.05, 4.69) is 10.6 Å². The van der Waals surface area contributed by atoms with Crippen molar-refractivity contribution >= 4 is 5.91 Å². The van der Waals surface area contributed by atoms with Gasteiger partial charge in [-0.3, -0.25) is 4.79 Å². The lowest BCUT2D eigenvalue weighted by atomic mass is 10.2. The molecule has 1 fully saturated rings. The molecular formula is C14H21N3O. The van der Waals surface area contributed by atoms with E-state index in [1.165, 1.54) is 0 Å². The van der Waals surface area contributed by atoms with Gasteiger partial charge in [0.25, 0.3) is 0 Å². The minimum absolute atomic E-state index is 0.0410. The van der Waals surface area contributed by atoms with Crippen LogP contribution in [0.5, 0.6) is 0 Å². The summed E-state index contributed by atoms with van der Waals surface area (Å²) in [4.78, 5) is 11.6. The first-order valence-electron chi connectivity index (χ1n) is 6.53. The summed E-state index contributed by atoms with van der Waals surface area (Å²) in [5, 5.41) is 6.16. The zero-order valence-electron chi connectivity index (χ0n) is 10.6. The molecule has 1 aliphatic rings. The number of nitrogens with two attached hydrogens (primary N) is 1. The monoisotopic (exact) mass is 247 g/mol. The van der Waals surface area contributed by atoms with Crippen LogP contribution >= 0.6 is 0 Å². The molecule has 0 saturated heterocycles. The Bertz CT molecular complexity index is 380. The lowest BCUT2D eigenvalue weighted by Crippen LogP contribution is -2.38. The summed E-state index contributed by atoms with van der Waals surface area (Å²) in [5.74, 6) is 0.0410. The van der Waals surface area contributed by atoms with E-state index in [0.717, 1.165) is 24.8 Å². The van der Waals surface area contributed by atoms with Gasteiger partial charge in [0.15, 0.2) is 0 Å². The molecule has 0 bridgehead atoms. The molecule has 1 aromatic rings. The maximum Gasteiger partial charge on any atom is 0.234 e. The molecule has 2 atom stereocenters. The number of hydrogen-bond acceptors (Lipinski definition) is 3. The largest absolute Gasteiger partial charge is 0.351 e. The predicted molar refractivity (Wildman–Crippen MR) is 71.9 cm³/mol. The highest BCUT2D eigenvalue weighted by atomic mass is 16.1. The molecule has 98 valence electrons. The Kier molecular flexibility index (Phi) is 4.73. The van der Waals surface area contributed by atoms with Crippen molar-refractivity contribution in [2.24, 2.45) is 5.73 Å². The Labute approximate surface area is 108 Å². The summed E-state index contributed by atoms with van der Waals surface area (Å²) < 4.78 is 0. The van der Waals surface area contributed by atoms with Crippen LogP contribution in [0.15, 0.2) is 30.3 Å². The van der Waals surface area contributed by atoms with Gasteiger partial charge >= 0.3 is 0 Å². The van der Waals surface area contributed by atoms with E-state index in [1.54, 1.807) is 0 Å². The minimum atomic E-state index is 0.0410. The van der Waals surface area contributed by atoms with Crippen LogP contribution in [0.4, 0.5) is 0 Å². The lowest BCUT2D eigenvalue weighted by Gasteiger charge is -2.12. The van der Waals surface area contributed by atoms with Gasteiger partial charge in [0.2, 0.25) is 5.91 Å². The molecule has 1 amide bonds. The standard InChI is InChI=1S/C14H21N3O/c15-12-6-7-13(8-12)16-10-14(18)17-9-11-4-2-1-3-5-11/h1-5,12-13,16H,6-10,15H2,(H,17,18). The molecule has 18 heavy (non-hydrogen) atoms. The van der Waals surface area contributed by atoms with Crippen LogP contribution in [0.25, 0.3) is 0 Å². The summed E-state index contributed by atoms with van der Waals surface area (Å²) in [6.07, 6.45) is 3.11. The molecule has 1 aromatic carbocycles. The topological polar surface area (TPSA) is 67.1 Å². The summed E-state index contributed by atoms with van der Waals surface area (Å²) in [7, 11) is 0. The van der Waals surface area contributed by atoms with Crippen molar-refractivity contribution in [2.45, 2.75) is 37.9 Å². The number of carbonyl (C=O) groups excluding carboxylic acids is 1. The van der Waals surface area contributed by atoms with Crippen molar-refractivity contribution in [1.82, 2.24) is 10.6 Å². The molecule has 0 aromatic heterocycles. The van der Waals surface area contributed by atoms with E-state index in [0.29, 0.717) is 25.2 Å². The molecule has 1 saturated carbocycles. The predicted octanol–water partition coefficient (Wildman–Crippen LogP) is 0.772. The average Bonchev–Trinajstić information content (AvgIpc) is 2.81. The first kappa shape index (κ1) is 13.1. The van der Waals surface area contributed by atoms with E-state index >= 15 is 0 Å². The minimum Gasteiger partial charge on any atom is -0.351 e. The van der Waals surface area contributed by atoms with Crippen molar-refractivity contribution in [3.8, 4) is 0 Å². The molecule has 0 radical (unpaired) electrons. The van der Waals surface area contributed by atoms with E-state index in [4.69, 9.17) is 5.73 Å². The Morgan fingerprint density at radius 1 is 1.28 bits per heavy atom. The molecule has 2 rings (SSSR count). The van der Waals surface area contributed by atoms with Gasteiger partial charge < -0.3 is 16.4 Å². The zero-order valence-corrected chi connectivity index (χ0v) is 10.6. The van der Waals surface area contributed by atoms with E-state index in [1.807, 2.05) is 30.3 Å². The van der Waals surface area contributed by atoms with Gasteiger partial charge in [-0.25, -0.2) is 0 Å². The lowest BCUT2D eigenvalue weighted by molar-refractivity contribution is -0.120. The van der Waals surface area contributed by atoms with Crippen molar-refractivity contribution < 1.29 is 4.79 Å². The Balaban J connectivity index is 1.63. The van der Waals surface area contributed by atoms with Crippen molar-refractivity contribution in [2.75, 3.05) is 6.54 Å². The Morgan fingerprint density at radius 2 is 2.06 bits per heavy atom. The first-order valence-corrected chi connectivity index (χ1v) is 6.53. The summed E-state index contributed by atoms with van der Waals surface area (Å²) in [6, 6.07) is 10.6. The van der Waals surface area contributed by atoms with Gasteiger partial charge in [-0.05, 0) is 24.8 Å². The SMILES string of the molecule is NC1CCC(NCC(=O)NCc2ccccc2)C1. The third-order valence-electron chi connectivity index (χ3n) is 3.36. The maximum atomic E-state index is 11.6. The Morgan fingerprint density at radius 3 is 2.72 bits per heavy atom. The fraction of sp³-hybridized carbons (Fsp3) is 0.500. The molecule has 4 heteroatoms. The molecule has 1 aliphatic carbocycles. The van der Waals surface area contributed by atoms with Crippen LogP contribution in [0.1, 0.15) is 24.8 Å². The quantitative estimate of drug-likeness (QED) is 0.720. The number of amides is 1. The van der Waals surface area contributed by atoms with E-state index < -0.39 is 0 Å². The normalized spacial score (nSPS) is 22.9. The van der Waals surface area contributed by atoms with Crippen LogP contribution < -0.4 is 16.4 Å². The Hall–Kier alpha value is -1.39. The summed E-state index contributed by atoms with van der Waals surface area (Å²) >= 11 is 0. The number of nitrogens with one attached hydrogen (secondary N) is 2. The number of rotatable bonds is 5. The van der Waals surface area contributed by atoms with Gasteiger partial charge in [-0.2, -0.15) is 0 Å². The van der Waals surface area contributed by atoms with Gasteiger partial charge in [-0.15, -0.1) is 0 Å². The van der Waals surface area contributed by atoms with Crippen molar-refractivity contribution in [3.05, 3.63) is 35.9 Å².